The van der Waals surface area contributed by atoms with Gasteiger partial charge in [0.05, 0.1) is 5.69 Å². The van der Waals surface area contributed by atoms with Crippen molar-refractivity contribution in [3.05, 3.63) is 27.5 Å². The Balaban J connectivity index is 3.53. The third-order valence-electron chi connectivity index (χ3n) is 1.74. The van der Waals surface area contributed by atoms with Crippen molar-refractivity contribution in [2.75, 3.05) is 5.73 Å². The van der Waals surface area contributed by atoms with E-state index in [0.717, 1.165) is 6.07 Å². The van der Waals surface area contributed by atoms with Crippen molar-refractivity contribution in [1.82, 2.24) is 0 Å². The molecule has 5 heteroatoms. The summed E-state index contributed by atoms with van der Waals surface area (Å²) in [5.74, 6) is -2.19. The summed E-state index contributed by atoms with van der Waals surface area (Å²) in [5.41, 5.74) is 5.45. The fourth-order valence-corrected chi connectivity index (χ4v) is 1.37. The predicted molar refractivity (Wildman–Crippen MR) is 50.2 cm³/mol. The molecule has 70 valence electrons. The van der Waals surface area contributed by atoms with Crippen LogP contribution in [0.5, 0.6) is 0 Å². The minimum Gasteiger partial charge on any atom is -0.478 e. The largest absolute Gasteiger partial charge is 0.478 e. The van der Waals surface area contributed by atoms with Crippen LogP contribution in [0.2, 0.25) is 0 Å². The number of nitrogen functional groups attached to an aromatic ring is 1. The number of carbonyl (C=O) groups is 1. The average molecular weight is 248 g/mol. The van der Waals surface area contributed by atoms with Crippen molar-refractivity contribution in [2.45, 2.75) is 6.92 Å². The van der Waals surface area contributed by atoms with Crippen molar-refractivity contribution in [1.29, 1.82) is 0 Å². The lowest BCUT2D eigenvalue weighted by Crippen LogP contribution is -2.07. The Morgan fingerprint density at radius 2 is 2.23 bits per heavy atom. The van der Waals surface area contributed by atoms with E-state index < -0.39 is 17.3 Å². The van der Waals surface area contributed by atoms with Crippen molar-refractivity contribution in [3.63, 3.8) is 0 Å². The fourth-order valence-electron chi connectivity index (χ4n) is 0.954. The Morgan fingerprint density at radius 3 is 2.69 bits per heavy atom. The van der Waals surface area contributed by atoms with Crippen molar-refractivity contribution in [2.24, 2.45) is 0 Å². The molecule has 0 unspecified atom stereocenters. The molecule has 0 radical (unpaired) electrons. The van der Waals surface area contributed by atoms with Gasteiger partial charge in [0.25, 0.3) is 0 Å². The number of carboxylic acids is 1. The second kappa shape index (κ2) is 3.33. The van der Waals surface area contributed by atoms with Crippen molar-refractivity contribution < 1.29 is 14.3 Å². The molecule has 0 aliphatic carbocycles. The van der Waals surface area contributed by atoms with Gasteiger partial charge in [0.15, 0.2) is 0 Å². The molecule has 0 aromatic heterocycles. The minimum absolute atomic E-state index is 0.0422. The number of halogens is 2. The van der Waals surface area contributed by atoms with Crippen LogP contribution < -0.4 is 5.73 Å². The van der Waals surface area contributed by atoms with E-state index in [0.29, 0.717) is 10.0 Å². The van der Waals surface area contributed by atoms with Gasteiger partial charge in [0.2, 0.25) is 0 Å². The number of hydrogen-bond donors (Lipinski definition) is 2. The molecule has 0 amide bonds. The highest BCUT2D eigenvalue weighted by Gasteiger charge is 2.17. The smallest absolute Gasteiger partial charge is 0.340 e. The maximum atomic E-state index is 13.1. The molecule has 0 spiro atoms. The van der Waals surface area contributed by atoms with E-state index in [4.69, 9.17) is 10.8 Å². The van der Waals surface area contributed by atoms with E-state index in [-0.39, 0.29) is 5.69 Å². The summed E-state index contributed by atoms with van der Waals surface area (Å²) >= 11 is 3.07. The molecule has 3 N–H and O–H groups in total. The van der Waals surface area contributed by atoms with Crippen LogP contribution in [0.1, 0.15) is 15.9 Å². The highest BCUT2D eigenvalue weighted by Crippen LogP contribution is 2.27. The van der Waals surface area contributed by atoms with Crippen LogP contribution in [-0.2, 0) is 0 Å². The average Bonchev–Trinajstić information content (AvgIpc) is 1.99. The van der Waals surface area contributed by atoms with Crippen LogP contribution in [0.25, 0.3) is 0 Å². The molecule has 1 rings (SSSR count). The van der Waals surface area contributed by atoms with Crippen LogP contribution in [0.4, 0.5) is 10.1 Å². The molecule has 0 heterocycles. The first-order valence-electron chi connectivity index (χ1n) is 3.42. The second-order valence-electron chi connectivity index (χ2n) is 2.56. The Kier molecular flexibility index (Phi) is 2.56. The first-order valence-corrected chi connectivity index (χ1v) is 4.21. The number of anilines is 1. The Hall–Kier alpha value is -1.10. The van der Waals surface area contributed by atoms with Gasteiger partial charge in [-0.15, -0.1) is 0 Å². The predicted octanol–water partition coefficient (Wildman–Crippen LogP) is 2.18. The van der Waals surface area contributed by atoms with Gasteiger partial charge in [-0.2, -0.15) is 0 Å². The Morgan fingerprint density at radius 1 is 1.69 bits per heavy atom. The van der Waals surface area contributed by atoms with Gasteiger partial charge < -0.3 is 10.8 Å². The molecule has 13 heavy (non-hydrogen) atoms. The van der Waals surface area contributed by atoms with Gasteiger partial charge in [-0.25, -0.2) is 9.18 Å². The molecule has 0 atom stereocenters. The maximum absolute atomic E-state index is 13.1. The van der Waals surface area contributed by atoms with Gasteiger partial charge in [0, 0.05) is 4.47 Å². The lowest BCUT2D eigenvalue weighted by Gasteiger charge is -2.07. The number of carboxylic acid groups (broad SMARTS) is 1. The summed E-state index contributed by atoms with van der Waals surface area (Å²) < 4.78 is 13.5. The molecular weight excluding hydrogens is 241 g/mol. The molecule has 3 nitrogen and oxygen atoms in total. The van der Waals surface area contributed by atoms with Gasteiger partial charge in [-0.05, 0) is 18.6 Å². The van der Waals surface area contributed by atoms with Gasteiger partial charge in [0.1, 0.15) is 11.4 Å². The lowest BCUT2D eigenvalue weighted by molar-refractivity contribution is 0.0693. The third-order valence-corrected chi connectivity index (χ3v) is 2.56. The molecule has 0 fully saturated rings. The first kappa shape index (κ1) is 9.98. The summed E-state index contributed by atoms with van der Waals surface area (Å²) in [6, 6.07) is 1.09. The molecule has 1 aromatic carbocycles. The number of aromatic carboxylic acids is 1. The van der Waals surface area contributed by atoms with E-state index in [1.807, 2.05) is 0 Å². The zero-order valence-electron chi connectivity index (χ0n) is 6.77. The summed E-state index contributed by atoms with van der Waals surface area (Å²) in [6.07, 6.45) is 0. The van der Waals surface area contributed by atoms with Crippen LogP contribution in [-0.4, -0.2) is 11.1 Å². The van der Waals surface area contributed by atoms with E-state index >= 15 is 0 Å². The topological polar surface area (TPSA) is 63.3 Å². The van der Waals surface area contributed by atoms with Crippen LogP contribution >= 0.6 is 15.9 Å². The van der Waals surface area contributed by atoms with Gasteiger partial charge in [-0.3, -0.25) is 0 Å². The fraction of sp³-hybridized carbons (Fsp3) is 0.125. The SMILES string of the molecule is Cc1c(Br)cc(F)c(C(=O)O)c1N. The van der Waals surface area contributed by atoms with Crippen molar-refractivity contribution >= 4 is 27.6 Å². The van der Waals surface area contributed by atoms with E-state index in [1.54, 1.807) is 6.92 Å². The molecule has 0 saturated carbocycles. The molecule has 0 saturated heterocycles. The van der Waals surface area contributed by atoms with E-state index in [9.17, 15) is 9.18 Å². The van der Waals surface area contributed by atoms with Crippen LogP contribution in [0.15, 0.2) is 10.5 Å². The van der Waals surface area contributed by atoms with E-state index in [1.165, 1.54) is 0 Å². The standard InChI is InChI=1S/C8H7BrFNO2/c1-3-4(9)2-5(10)6(7(3)11)8(12)13/h2H,11H2,1H3,(H,12,13). The minimum atomic E-state index is -1.36. The second-order valence-corrected chi connectivity index (χ2v) is 3.41. The van der Waals surface area contributed by atoms with Crippen molar-refractivity contribution in [3.8, 4) is 0 Å². The summed E-state index contributed by atoms with van der Waals surface area (Å²) in [7, 11) is 0. The number of benzene rings is 1. The monoisotopic (exact) mass is 247 g/mol. The third kappa shape index (κ3) is 1.65. The molecular formula is C8H7BrFNO2. The summed E-state index contributed by atoms with van der Waals surface area (Å²) in [4.78, 5) is 10.6. The molecule has 0 aliphatic rings. The molecule has 0 bridgehead atoms. The quantitative estimate of drug-likeness (QED) is 0.748. The highest BCUT2D eigenvalue weighted by atomic mass is 79.9. The van der Waals surface area contributed by atoms with E-state index in [2.05, 4.69) is 15.9 Å². The Bertz CT molecular complexity index is 379. The highest BCUT2D eigenvalue weighted by molar-refractivity contribution is 9.10. The number of nitrogens with two attached hydrogens (primary N) is 1. The lowest BCUT2D eigenvalue weighted by atomic mass is 10.1. The normalized spacial score (nSPS) is 10.1. The van der Waals surface area contributed by atoms with Crippen LogP contribution in [0.3, 0.4) is 0 Å². The summed E-state index contributed by atoms with van der Waals surface area (Å²) in [6.45, 7) is 1.62. The van der Waals surface area contributed by atoms with Gasteiger partial charge >= 0.3 is 5.97 Å². The maximum Gasteiger partial charge on any atom is 0.340 e. The summed E-state index contributed by atoms with van der Waals surface area (Å²) in [5, 5.41) is 8.63. The number of rotatable bonds is 1. The Labute approximate surface area is 82.5 Å². The molecule has 0 aliphatic heterocycles. The number of hydrogen-bond acceptors (Lipinski definition) is 2. The first-order chi connectivity index (χ1) is 5.95. The van der Waals surface area contributed by atoms with Gasteiger partial charge in [-0.1, -0.05) is 15.9 Å². The zero-order valence-corrected chi connectivity index (χ0v) is 8.35. The van der Waals surface area contributed by atoms with Crippen LogP contribution in [0, 0.1) is 12.7 Å². The zero-order chi connectivity index (χ0) is 10.2. The molecule has 1 aromatic rings.